The number of nitrogens with zero attached hydrogens (tertiary/aromatic N) is 2. The molecule has 116 valence electrons. The van der Waals surface area contributed by atoms with Gasteiger partial charge in [-0.1, -0.05) is 29.3 Å². The molecule has 1 unspecified atom stereocenters. The fourth-order valence-corrected chi connectivity index (χ4v) is 2.51. The summed E-state index contributed by atoms with van der Waals surface area (Å²) in [7, 11) is 0. The van der Waals surface area contributed by atoms with Gasteiger partial charge in [-0.05, 0) is 31.5 Å². The van der Waals surface area contributed by atoms with Crippen LogP contribution in [0, 0.1) is 0 Å². The Morgan fingerprint density at radius 1 is 1.48 bits per heavy atom. The van der Waals surface area contributed by atoms with Crippen molar-refractivity contribution in [2.24, 2.45) is 5.73 Å². The van der Waals surface area contributed by atoms with Crippen molar-refractivity contribution in [3.8, 4) is 0 Å². The number of imidazole rings is 1. The molecule has 0 aliphatic rings. The van der Waals surface area contributed by atoms with Gasteiger partial charge in [0.05, 0.1) is 17.1 Å². The second kappa shape index (κ2) is 7.77. The summed E-state index contributed by atoms with van der Waals surface area (Å²) in [6, 6.07) is 5.39. The van der Waals surface area contributed by atoms with Gasteiger partial charge in [-0.25, -0.2) is 4.98 Å². The van der Waals surface area contributed by atoms with E-state index in [1.807, 2.05) is 36.6 Å². The number of carbonyl (C=O) groups excluding carboxylic acids is 1. The lowest BCUT2D eigenvalue weighted by atomic mass is 10.2. The Hall–Kier alpha value is -1.11. The van der Waals surface area contributed by atoms with Crippen LogP contribution in [0.25, 0.3) is 11.0 Å². The third-order valence-corrected chi connectivity index (χ3v) is 3.69. The zero-order chi connectivity index (χ0) is 14.7. The van der Waals surface area contributed by atoms with E-state index >= 15 is 0 Å². The molecule has 5 nitrogen and oxygen atoms in total. The molecular formula is C14H20BrClN4O. The Morgan fingerprint density at radius 3 is 2.81 bits per heavy atom. The first-order valence-corrected chi connectivity index (χ1v) is 7.58. The number of aryl methyl sites for hydroxylation is 1. The first kappa shape index (κ1) is 17.9. The predicted molar refractivity (Wildman–Crippen MR) is 91.9 cm³/mol. The number of halogens is 2. The van der Waals surface area contributed by atoms with Crippen molar-refractivity contribution >= 4 is 51.2 Å². The van der Waals surface area contributed by atoms with Crippen LogP contribution in [0.4, 0.5) is 5.95 Å². The van der Waals surface area contributed by atoms with Crippen LogP contribution in [-0.2, 0) is 11.3 Å². The largest absolute Gasteiger partial charge is 0.320 e. The molecule has 0 aliphatic heterocycles. The lowest BCUT2D eigenvalue weighted by Gasteiger charge is -2.11. The molecule has 0 saturated heterocycles. The number of fused-ring (bicyclic) bond motifs is 1. The molecule has 0 radical (unpaired) electrons. The monoisotopic (exact) mass is 374 g/mol. The van der Waals surface area contributed by atoms with Crippen LogP contribution >= 0.6 is 28.3 Å². The molecule has 1 heterocycles. The quantitative estimate of drug-likeness (QED) is 0.842. The lowest BCUT2D eigenvalue weighted by molar-refractivity contribution is -0.117. The summed E-state index contributed by atoms with van der Waals surface area (Å²) in [5.74, 6) is 0.369. The second-order valence-corrected chi connectivity index (χ2v) is 5.61. The van der Waals surface area contributed by atoms with Crippen molar-refractivity contribution in [3.63, 3.8) is 0 Å². The third-order valence-electron chi connectivity index (χ3n) is 3.20. The fourth-order valence-electron chi connectivity index (χ4n) is 2.16. The number of anilines is 1. The molecule has 1 aromatic heterocycles. The van der Waals surface area contributed by atoms with E-state index in [-0.39, 0.29) is 18.3 Å². The maximum absolute atomic E-state index is 12.0. The Kier molecular flexibility index (Phi) is 6.64. The maximum Gasteiger partial charge on any atom is 0.243 e. The van der Waals surface area contributed by atoms with Gasteiger partial charge < -0.3 is 10.3 Å². The van der Waals surface area contributed by atoms with Gasteiger partial charge in [0.25, 0.3) is 0 Å². The molecule has 3 N–H and O–H groups in total. The number of aromatic nitrogens is 2. The maximum atomic E-state index is 12.0. The highest BCUT2D eigenvalue weighted by Gasteiger charge is 2.16. The molecule has 2 aromatic rings. The Balaban J connectivity index is 0.00000220. The summed E-state index contributed by atoms with van der Waals surface area (Å²) in [5.41, 5.74) is 7.67. The van der Waals surface area contributed by atoms with Crippen LogP contribution in [0.15, 0.2) is 22.7 Å². The standard InChI is InChI=1S/C14H19BrN4O.ClH/c1-3-5-10(16)13(20)18-14-17-11-8-9(15)6-7-12(11)19(14)4-2;/h6-8,10H,3-5,16H2,1-2H3,(H,17,18,20);1H. The molecule has 0 fully saturated rings. The molecule has 2 rings (SSSR count). The highest BCUT2D eigenvalue weighted by Crippen LogP contribution is 2.23. The van der Waals surface area contributed by atoms with E-state index in [2.05, 4.69) is 26.2 Å². The molecular weight excluding hydrogens is 356 g/mol. The summed E-state index contributed by atoms with van der Waals surface area (Å²) in [6.45, 7) is 4.76. The smallest absolute Gasteiger partial charge is 0.243 e. The van der Waals surface area contributed by atoms with E-state index in [1.54, 1.807) is 0 Å². The highest BCUT2D eigenvalue weighted by molar-refractivity contribution is 9.10. The summed E-state index contributed by atoms with van der Waals surface area (Å²) in [5, 5.41) is 2.83. The Bertz CT molecular complexity index is 629. The lowest BCUT2D eigenvalue weighted by Crippen LogP contribution is -2.36. The van der Waals surface area contributed by atoms with Gasteiger partial charge in [-0.3, -0.25) is 10.1 Å². The van der Waals surface area contributed by atoms with E-state index in [0.29, 0.717) is 12.4 Å². The number of nitrogens with one attached hydrogen (secondary N) is 1. The fraction of sp³-hybridized carbons (Fsp3) is 0.429. The molecule has 1 atom stereocenters. The number of hydrogen-bond acceptors (Lipinski definition) is 3. The minimum atomic E-state index is -0.489. The molecule has 1 aromatic carbocycles. The van der Waals surface area contributed by atoms with Crippen LogP contribution in [0.5, 0.6) is 0 Å². The van der Waals surface area contributed by atoms with Gasteiger partial charge in [-0.2, -0.15) is 0 Å². The molecule has 0 saturated carbocycles. The number of amides is 1. The first-order chi connectivity index (χ1) is 9.56. The Morgan fingerprint density at radius 2 is 2.19 bits per heavy atom. The molecule has 0 aliphatic carbocycles. The highest BCUT2D eigenvalue weighted by atomic mass is 79.9. The summed E-state index contributed by atoms with van der Waals surface area (Å²) in [6.07, 6.45) is 1.55. The number of benzene rings is 1. The molecule has 21 heavy (non-hydrogen) atoms. The van der Waals surface area contributed by atoms with Crippen LogP contribution in [-0.4, -0.2) is 21.5 Å². The van der Waals surface area contributed by atoms with Crippen LogP contribution in [0.3, 0.4) is 0 Å². The molecule has 0 bridgehead atoms. The third kappa shape index (κ3) is 3.96. The summed E-state index contributed by atoms with van der Waals surface area (Å²) in [4.78, 5) is 16.5. The predicted octanol–water partition coefficient (Wildman–Crippen LogP) is 3.31. The zero-order valence-electron chi connectivity index (χ0n) is 12.1. The normalized spacial score (nSPS) is 12.0. The second-order valence-electron chi connectivity index (χ2n) is 4.70. The van der Waals surface area contributed by atoms with Crippen LogP contribution < -0.4 is 11.1 Å². The van der Waals surface area contributed by atoms with E-state index in [0.717, 1.165) is 28.5 Å². The zero-order valence-corrected chi connectivity index (χ0v) is 14.5. The average Bonchev–Trinajstić information content (AvgIpc) is 2.74. The average molecular weight is 376 g/mol. The number of nitrogens with two attached hydrogens (primary N) is 1. The summed E-state index contributed by atoms with van der Waals surface area (Å²) >= 11 is 3.43. The van der Waals surface area contributed by atoms with Crippen molar-refractivity contribution in [2.75, 3.05) is 5.32 Å². The van der Waals surface area contributed by atoms with Crippen LogP contribution in [0.1, 0.15) is 26.7 Å². The van der Waals surface area contributed by atoms with Crippen molar-refractivity contribution in [1.29, 1.82) is 0 Å². The molecule has 0 spiro atoms. The molecule has 7 heteroatoms. The van der Waals surface area contributed by atoms with Gasteiger partial charge in [0, 0.05) is 11.0 Å². The van der Waals surface area contributed by atoms with Gasteiger partial charge in [0.15, 0.2) is 0 Å². The minimum absolute atomic E-state index is 0. The van der Waals surface area contributed by atoms with Crippen molar-refractivity contribution < 1.29 is 4.79 Å². The Labute approximate surface area is 138 Å². The topological polar surface area (TPSA) is 72.9 Å². The van der Waals surface area contributed by atoms with E-state index in [9.17, 15) is 4.79 Å². The van der Waals surface area contributed by atoms with Crippen molar-refractivity contribution in [2.45, 2.75) is 39.3 Å². The summed E-state index contributed by atoms with van der Waals surface area (Å²) < 4.78 is 2.93. The first-order valence-electron chi connectivity index (χ1n) is 6.79. The van der Waals surface area contributed by atoms with Crippen molar-refractivity contribution in [3.05, 3.63) is 22.7 Å². The van der Waals surface area contributed by atoms with Gasteiger partial charge in [-0.15, -0.1) is 12.4 Å². The van der Waals surface area contributed by atoms with Gasteiger partial charge in [0.2, 0.25) is 11.9 Å². The number of hydrogen-bond donors (Lipinski definition) is 2. The van der Waals surface area contributed by atoms with E-state index < -0.39 is 6.04 Å². The van der Waals surface area contributed by atoms with Gasteiger partial charge >= 0.3 is 0 Å². The van der Waals surface area contributed by atoms with Crippen molar-refractivity contribution in [1.82, 2.24) is 9.55 Å². The number of carbonyl (C=O) groups is 1. The van der Waals surface area contributed by atoms with Gasteiger partial charge in [0.1, 0.15) is 0 Å². The van der Waals surface area contributed by atoms with Crippen LogP contribution in [0.2, 0.25) is 0 Å². The minimum Gasteiger partial charge on any atom is -0.320 e. The van der Waals surface area contributed by atoms with E-state index in [1.165, 1.54) is 0 Å². The molecule has 1 amide bonds. The van der Waals surface area contributed by atoms with E-state index in [4.69, 9.17) is 5.73 Å². The number of rotatable bonds is 5. The SMILES string of the molecule is CCCC(N)C(=O)Nc1nc2cc(Br)ccc2n1CC.Cl.